The molecule has 3 heteroatoms. The van der Waals surface area contributed by atoms with Crippen molar-refractivity contribution in [3.05, 3.63) is 29.3 Å². The number of nitrogens with one attached hydrogen (secondary N) is 1. The number of hydrogen-bond acceptors (Lipinski definition) is 2. The Balaban J connectivity index is 3.11. The van der Waals surface area contributed by atoms with Gasteiger partial charge in [-0.3, -0.25) is 9.69 Å². The molecule has 1 amide bonds. The highest BCUT2D eigenvalue weighted by Gasteiger charge is 2.19. The van der Waals surface area contributed by atoms with Gasteiger partial charge in [0.1, 0.15) is 0 Å². The van der Waals surface area contributed by atoms with Crippen LogP contribution in [0.25, 0.3) is 0 Å². The molecule has 0 aromatic heterocycles. The van der Waals surface area contributed by atoms with Gasteiger partial charge in [0, 0.05) is 19.2 Å². The fraction of sp³-hybridized carbons (Fsp3) is 0.588. The van der Waals surface area contributed by atoms with Crippen LogP contribution < -0.4 is 5.32 Å². The molecule has 0 saturated carbocycles. The number of carbonyl (C=O) groups excluding carboxylic acids is 1. The van der Waals surface area contributed by atoms with Crippen LogP contribution in [0.15, 0.2) is 18.2 Å². The van der Waals surface area contributed by atoms with Crippen molar-refractivity contribution in [3.8, 4) is 0 Å². The van der Waals surface area contributed by atoms with Crippen LogP contribution in [-0.4, -0.2) is 23.9 Å². The Hall–Kier alpha value is -1.35. The Morgan fingerprint density at radius 2 is 1.80 bits per heavy atom. The van der Waals surface area contributed by atoms with Crippen molar-refractivity contribution in [3.63, 3.8) is 0 Å². The Morgan fingerprint density at radius 1 is 1.20 bits per heavy atom. The predicted molar refractivity (Wildman–Crippen MR) is 86.1 cm³/mol. The molecule has 1 aromatic carbocycles. The highest BCUT2D eigenvalue weighted by molar-refractivity contribution is 5.89. The first-order valence-electron chi connectivity index (χ1n) is 7.41. The lowest BCUT2D eigenvalue weighted by atomic mass is 9.84. The normalized spacial score (nSPS) is 11.8. The quantitative estimate of drug-likeness (QED) is 0.887. The van der Waals surface area contributed by atoms with Crippen LogP contribution >= 0.6 is 0 Å². The van der Waals surface area contributed by atoms with E-state index in [4.69, 9.17) is 0 Å². The lowest BCUT2D eigenvalue weighted by Gasteiger charge is -2.25. The molecule has 0 unspecified atom stereocenters. The minimum atomic E-state index is -0.0213. The molecular weight excluding hydrogens is 248 g/mol. The van der Waals surface area contributed by atoms with Gasteiger partial charge in [0.2, 0.25) is 5.91 Å². The summed E-state index contributed by atoms with van der Waals surface area (Å²) < 4.78 is 0. The molecule has 0 radical (unpaired) electrons. The first-order chi connectivity index (χ1) is 9.27. The van der Waals surface area contributed by atoms with E-state index < -0.39 is 0 Å². The average molecular weight is 276 g/mol. The predicted octanol–water partition coefficient (Wildman–Crippen LogP) is 3.78. The Kier molecular flexibility index (Phi) is 5.75. The Labute approximate surface area is 123 Å². The maximum absolute atomic E-state index is 11.3. The number of nitrogens with zero attached hydrogens (tertiary/aromatic N) is 1. The molecular formula is C17H28N2O. The molecule has 0 aliphatic carbocycles. The van der Waals surface area contributed by atoms with E-state index in [0.29, 0.717) is 0 Å². The zero-order valence-electron chi connectivity index (χ0n) is 13.7. The van der Waals surface area contributed by atoms with E-state index in [2.05, 4.69) is 57.0 Å². The maximum atomic E-state index is 11.3. The van der Waals surface area contributed by atoms with E-state index in [9.17, 15) is 4.79 Å². The first kappa shape index (κ1) is 16.7. The molecule has 0 heterocycles. The smallest absolute Gasteiger partial charge is 0.221 e. The van der Waals surface area contributed by atoms with Crippen LogP contribution in [-0.2, 0) is 16.8 Å². The summed E-state index contributed by atoms with van der Waals surface area (Å²) in [6.07, 6.45) is 0. The van der Waals surface area contributed by atoms with Gasteiger partial charge in [-0.25, -0.2) is 0 Å². The number of anilines is 1. The van der Waals surface area contributed by atoms with Crippen LogP contribution in [0.1, 0.15) is 52.7 Å². The summed E-state index contributed by atoms with van der Waals surface area (Å²) in [5.41, 5.74) is 3.43. The Bertz CT molecular complexity index is 457. The van der Waals surface area contributed by atoms with Crippen LogP contribution in [0.2, 0.25) is 0 Å². The molecule has 0 saturated heterocycles. The van der Waals surface area contributed by atoms with E-state index >= 15 is 0 Å². The molecule has 3 nitrogen and oxygen atoms in total. The summed E-state index contributed by atoms with van der Waals surface area (Å²) in [5.74, 6) is -0.0213. The first-order valence-corrected chi connectivity index (χ1v) is 7.41. The molecule has 0 aliphatic rings. The van der Waals surface area contributed by atoms with E-state index in [1.54, 1.807) is 6.92 Å². The minimum Gasteiger partial charge on any atom is -0.326 e. The lowest BCUT2D eigenvalue weighted by Crippen LogP contribution is -2.23. The third-order valence-corrected chi connectivity index (χ3v) is 3.50. The Morgan fingerprint density at radius 3 is 2.25 bits per heavy atom. The van der Waals surface area contributed by atoms with Gasteiger partial charge in [0.05, 0.1) is 0 Å². The summed E-state index contributed by atoms with van der Waals surface area (Å²) in [7, 11) is 0. The van der Waals surface area contributed by atoms with Gasteiger partial charge in [0.15, 0.2) is 0 Å². The fourth-order valence-corrected chi connectivity index (χ4v) is 2.31. The number of amides is 1. The monoisotopic (exact) mass is 276 g/mol. The van der Waals surface area contributed by atoms with Crippen molar-refractivity contribution in [1.29, 1.82) is 0 Å². The van der Waals surface area contributed by atoms with Gasteiger partial charge >= 0.3 is 0 Å². The SMILES string of the molecule is CCN(CC)Cc1ccc(NC(C)=O)c(C(C)(C)C)c1. The second-order valence-corrected chi connectivity index (χ2v) is 6.27. The van der Waals surface area contributed by atoms with Crippen LogP contribution in [0.3, 0.4) is 0 Å². The van der Waals surface area contributed by atoms with Crippen molar-refractivity contribution in [1.82, 2.24) is 4.90 Å². The second kappa shape index (κ2) is 6.89. The number of benzene rings is 1. The topological polar surface area (TPSA) is 32.3 Å². The van der Waals surface area contributed by atoms with Crippen LogP contribution in [0.4, 0.5) is 5.69 Å². The maximum Gasteiger partial charge on any atom is 0.221 e. The molecule has 0 fully saturated rings. The van der Waals surface area contributed by atoms with Gasteiger partial charge in [-0.15, -0.1) is 0 Å². The van der Waals surface area contributed by atoms with Crippen LogP contribution in [0.5, 0.6) is 0 Å². The molecule has 0 atom stereocenters. The van der Waals surface area contributed by atoms with Crippen molar-refractivity contribution < 1.29 is 4.79 Å². The third kappa shape index (κ3) is 4.64. The van der Waals surface area contributed by atoms with Gasteiger partial charge in [0.25, 0.3) is 0 Å². The van der Waals surface area contributed by atoms with E-state index in [-0.39, 0.29) is 11.3 Å². The number of hydrogen-bond donors (Lipinski definition) is 1. The van der Waals surface area contributed by atoms with Gasteiger partial charge in [-0.1, -0.05) is 46.8 Å². The molecule has 0 spiro atoms. The standard InChI is InChI=1S/C17H28N2O/c1-7-19(8-2)12-14-9-10-16(18-13(3)20)15(11-14)17(4,5)6/h9-11H,7-8,12H2,1-6H3,(H,18,20). The molecule has 112 valence electrons. The highest BCUT2D eigenvalue weighted by Crippen LogP contribution is 2.31. The summed E-state index contributed by atoms with van der Waals surface area (Å²) in [5, 5.41) is 2.94. The van der Waals surface area contributed by atoms with Gasteiger partial charge in [-0.05, 0) is 35.7 Å². The summed E-state index contributed by atoms with van der Waals surface area (Å²) in [6.45, 7) is 15.5. The molecule has 1 aromatic rings. The molecule has 1 rings (SSSR count). The minimum absolute atomic E-state index is 0.0110. The lowest BCUT2D eigenvalue weighted by molar-refractivity contribution is -0.114. The highest BCUT2D eigenvalue weighted by atomic mass is 16.1. The third-order valence-electron chi connectivity index (χ3n) is 3.50. The molecule has 20 heavy (non-hydrogen) atoms. The average Bonchev–Trinajstić information content (AvgIpc) is 2.35. The largest absolute Gasteiger partial charge is 0.326 e. The molecule has 1 N–H and O–H groups in total. The number of carbonyl (C=O) groups is 1. The summed E-state index contributed by atoms with van der Waals surface area (Å²) in [4.78, 5) is 13.7. The number of rotatable bonds is 5. The second-order valence-electron chi connectivity index (χ2n) is 6.27. The van der Waals surface area contributed by atoms with Crippen molar-refractivity contribution >= 4 is 11.6 Å². The van der Waals surface area contributed by atoms with Crippen molar-refractivity contribution in [2.75, 3.05) is 18.4 Å². The van der Waals surface area contributed by atoms with Crippen molar-refractivity contribution in [2.45, 2.75) is 53.5 Å². The molecule has 0 bridgehead atoms. The zero-order valence-corrected chi connectivity index (χ0v) is 13.7. The molecule has 0 aliphatic heterocycles. The van der Waals surface area contributed by atoms with Gasteiger partial charge < -0.3 is 5.32 Å². The summed E-state index contributed by atoms with van der Waals surface area (Å²) in [6, 6.07) is 6.36. The van der Waals surface area contributed by atoms with E-state index in [1.807, 2.05) is 6.07 Å². The fourth-order valence-electron chi connectivity index (χ4n) is 2.31. The van der Waals surface area contributed by atoms with E-state index in [1.165, 1.54) is 11.1 Å². The zero-order chi connectivity index (χ0) is 15.3. The summed E-state index contributed by atoms with van der Waals surface area (Å²) >= 11 is 0. The van der Waals surface area contributed by atoms with Gasteiger partial charge in [-0.2, -0.15) is 0 Å². The van der Waals surface area contributed by atoms with Crippen LogP contribution in [0, 0.1) is 0 Å². The van der Waals surface area contributed by atoms with E-state index in [0.717, 1.165) is 25.3 Å². The van der Waals surface area contributed by atoms with Crippen molar-refractivity contribution in [2.24, 2.45) is 0 Å².